The Morgan fingerprint density at radius 3 is 2.94 bits per heavy atom. The molecule has 0 radical (unpaired) electrons. The van der Waals surface area contributed by atoms with Crippen molar-refractivity contribution in [3.63, 3.8) is 0 Å². The third kappa shape index (κ3) is 5.40. The predicted molar refractivity (Wildman–Crippen MR) is 75.1 cm³/mol. The van der Waals surface area contributed by atoms with Gasteiger partial charge < -0.3 is 5.32 Å². The fraction of sp³-hybridized carbons (Fsp3) is 0.417. The van der Waals surface area contributed by atoms with Crippen molar-refractivity contribution in [2.24, 2.45) is 5.10 Å². The number of hydrogen-bond acceptors (Lipinski definition) is 3. The minimum absolute atomic E-state index is 0.550. The lowest BCUT2D eigenvalue weighted by molar-refractivity contribution is 0.744. The first kappa shape index (κ1) is 13.6. The number of rotatable bonds is 5. The Kier molecular flexibility index (Phi) is 6.17. The van der Waals surface area contributed by atoms with Crippen LogP contribution in [0.5, 0.6) is 0 Å². The van der Waals surface area contributed by atoms with Gasteiger partial charge in [0.05, 0.1) is 11.4 Å². The molecule has 1 aromatic heterocycles. The molecule has 2 N–H and O–H groups in total. The third-order valence-corrected chi connectivity index (χ3v) is 2.41. The topological polar surface area (TPSA) is 49.3 Å². The summed E-state index contributed by atoms with van der Waals surface area (Å²) in [6.45, 7) is 4.91. The summed E-state index contributed by atoms with van der Waals surface area (Å²) in [5, 5.41) is 7.81. The summed E-state index contributed by atoms with van der Waals surface area (Å²) in [6.07, 6.45) is 3.99. The molecule has 0 fully saturated rings. The summed E-state index contributed by atoms with van der Waals surface area (Å²) in [5.74, 6) is 0. The van der Waals surface area contributed by atoms with E-state index in [1.807, 2.05) is 25.1 Å². The molecule has 0 spiro atoms. The molecule has 1 aromatic rings. The summed E-state index contributed by atoms with van der Waals surface area (Å²) in [5.41, 5.74) is 4.46. The van der Waals surface area contributed by atoms with Gasteiger partial charge in [0.1, 0.15) is 0 Å². The SMILES string of the molecule is CCCCNC(=S)N/N=C(\C)c1ccccn1. The quantitative estimate of drug-likeness (QED) is 0.363. The number of nitrogens with one attached hydrogen (secondary N) is 2. The van der Waals surface area contributed by atoms with Crippen molar-refractivity contribution >= 4 is 23.0 Å². The fourth-order valence-corrected chi connectivity index (χ4v) is 1.33. The Hall–Kier alpha value is -1.49. The van der Waals surface area contributed by atoms with Crippen molar-refractivity contribution in [2.75, 3.05) is 6.54 Å². The van der Waals surface area contributed by atoms with Crippen LogP contribution in [0.4, 0.5) is 0 Å². The van der Waals surface area contributed by atoms with Gasteiger partial charge in [-0.3, -0.25) is 10.4 Å². The van der Waals surface area contributed by atoms with Gasteiger partial charge in [0, 0.05) is 12.7 Å². The number of hydrazone groups is 1. The van der Waals surface area contributed by atoms with Gasteiger partial charge in [0.2, 0.25) is 0 Å². The van der Waals surface area contributed by atoms with Crippen LogP contribution in [-0.4, -0.2) is 22.4 Å². The molecule has 0 bridgehead atoms. The fourth-order valence-electron chi connectivity index (χ4n) is 1.19. The molecule has 0 aliphatic heterocycles. The molecule has 0 aromatic carbocycles. The highest BCUT2D eigenvalue weighted by Gasteiger charge is 1.97. The smallest absolute Gasteiger partial charge is 0.186 e. The molecule has 92 valence electrons. The molecule has 0 saturated heterocycles. The summed E-state index contributed by atoms with van der Waals surface area (Å²) in [6, 6.07) is 5.72. The van der Waals surface area contributed by atoms with Crippen LogP contribution >= 0.6 is 12.2 Å². The van der Waals surface area contributed by atoms with E-state index >= 15 is 0 Å². The zero-order chi connectivity index (χ0) is 12.5. The van der Waals surface area contributed by atoms with E-state index in [0.717, 1.165) is 30.8 Å². The minimum atomic E-state index is 0.550. The van der Waals surface area contributed by atoms with Crippen LogP contribution in [0.3, 0.4) is 0 Å². The molecule has 0 saturated carbocycles. The first-order valence-corrected chi connectivity index (χ1v) is 6.14. The van der Waals surface area contributed by atoms with Crippen LogP contribution in [0.15, 0.2) is 29.5 Å². The van der Waals surface area contributed by atoms with E-state index in [0.29, 0.717) is 5.11 Å². The third-order valence-electron chi connectivity index (χ3n) is 2.18. The van der Waals surface area contributed by atoms with E-state index in [-0.39, 0.29) is 0 Å². The van der Waals surface area contributed by atoms with Gasteiger partial charge in [-0.1, -0.05) is 19.4 Å². The summed E-state index contributed by atoms with van der Waals surface area (Å²) >= 11 is 5.09. The maximum absolute atomic E-state index is 5.09. The average molecular weight is 250 g/mol. The Balaban J connectivity index is 2.40. The summed E-state index contributed by atoms with van der Waals surface area (Å²) in [4.78, 5) is 4.20. The van der Waals surface area contributed by atoms with Gasteiger partial charge in [-0.15, -0.1) is 0 Å². The zero-order valence-electron chi connectivity index (χ0n) is 10.2. The molecule has 0 aliphatic carbocycles. The summed E-state index contributed by atoms with van der Waals surface area (Å²) < 4.78 is 0. The van der Waals surface area contributed by atoms with Crippen molar-refractivity contribution in [1.82, 2.24) is 15.7 Å². The number of unbranched alkanes of at least 4 members (excludes halogenated alkanes) is 1. The minimum Gasteiger partial charge on any atom is -0.361 e. The molecule has 5 heteroatoms. The highest BCUT2D eigenvalue weighted by atomic mass is 32.1. The van der Waals surface area contributed by atoms with Crippen molar-refractivity contribution in [3.8, 4) is 0 Å². The highest BCUT2D eigenvalue weighted by molar-refractivity contribution is 7.80. The molecule has 1 rings (SSSR count). The molecule has 4 nitrogen and oxygen atoms in total. The lowest BCUT2D eigenvalue weighted by atomic mass is 10.3. The number of nitrogens with zero attached hydrogens (tertiary/aromatic N) is 2. The molecule has 0 amide bonds. The number of aromatic nitrogens is 1. The number of thiocarbonyl (C=S) groups is 1. The first-order chi connectivity index (χ1) is 8.24. The number of hydrogen-bond donors (Lipinski definition) is 2. The summed E-state index contributed by atoms with van der Waals surface area (Å²) in [7, 11) is 0. The van der Waals surface area contributed by atoms with Gasteiger partial charge in [-0.25, -0.2) is 0 Å². The standard InChI is InChI=1S/C12H18N4S/c1-3-4-8-14-12(17)16-15-10(2)11-7-5-6-9-13-11/h5-7,9H,3-4,8H2,1-2H3,(H2,14,16,17)/b15-10+. The van der Waals surface area contributed by atoms with Gasteiger partial charge in [-0.05, 0) is 37.7 Å². The maximum atomic E-state index is 5.09. The monoisotopic (exact) mass is 250 g/mol. The molecule has 17 heavy (non-hydrogen) atoms. The van der Waals surface area contributed by atoms with Crippen LogP contribution in [-0.2, 0) is 0 Å². The van der Waals surface area contributed by atoms with Crippen LogP contribution in [0.2, 0.25) is 0 Å². The normalized spacial score (nSPS) is 11.1. The van der Waals surface area contributed by atoms with Crippen molar-refractivity contribution < 1.29 is 0 Å². The van der Waals surface area contributed by atoms with Gasteiger partial charge >= 0.3 is 0 Å². The second-order valence-corrected chi connectivity index (χ2v) is 4.04. The van der Waals surface area contributed by atoms with Crippen molar-refractivity contribution in [3.05, 3.63) is 30.1 Å². The van der Waals surface area contributed by atoms with Crippen molar-refractivity contribution in [1.29, 1.82) is 0 Å². The average Bonchev–Trinajstić information content (AvgIpc) is 2.37. The predicted octanol–water partition coefficient (Wildman–Crippen LogP) is 2.07. The van der Waals surface area contributed by atoms with Gasteiger partial charge in [0.15, 0.2) is 5.11 Å². The molecule has 0 atom stereocenters. The van der Waals surface area contributed by atoms with E-state index < -0.39 is 0 Å². The lowest BCUT2D eigenvalue weighted by Crippen LogP contribution is -2.33. The highest BCUT2D eigenvalue weighted by Crippen LogP contribution is 1.95. The van der Waals surface area contributed by atoms with Crippen LogP contribution in [0, 0.1) is 0 Å². The Labute approximate surface area is 108 Å². The Bertz CT molecular complexity index is 375. The number of pyridine rings is 1. The van der Waals surface area contributed by atoms with E-state index in [4.69, 9.17) is 12.2 Å². The van der Waals surface area contributed by atoms with Crippen LogP contribution in [0.25, 0.3) is 0 Å². The zero-order valence-corrected chi connectivity index (χ0v) is 11.0. The first-order valence-electron chi connectivity index (χ1n) is 5.73. The molecular formula is C12H18N4S. The largest absolute Gasteiger partial charge is 0.361 e. The Morgan fingerprint density at radius 2 is 2.29 bits per heavy atom. The molecule has 0 aliphatic rings. The van der Waals surface area contributed by atoms with E-state index in [9.17, 15) is 0 Å². The molecular weight excluding hydrogens is 232 g/mol. The second-order valence-electron chi connectivity index (χ2n) is 3.63. The maximum Gasteiger partial charge on any atom is 0.186 e. The van der Waals surface area contributed by atoms with E-state index in [1.165, 1.54) is 0 Å². The molecule has 0 unspecified atom stereocenters. The van der Waals surface area contributed by atoms with Gasteiger partial charge in [0.25, 0.3) is 0 Å². The van der Waals surface area contributed by atoms with Gasteiger partial charge in [-0.2, -0.15) is 5.10 Å². The van der Waals surface area contributed by atoms with E-state index in [1.54, 1.807) is 6.20 Å². The Morgan fingerprint density at radius 1 is 1.47 bits per heavy atom. The second kappa shape index (κ2) is 7.73. The van der Waals surface area contributed by atoms with Crippen molar-refractivity contribution in [2.45, 2.75) is 26.7 Å². The molecule has 1 heterocycles. The lowest BCUT2D eigenvalue weighted by Gasteiger charge is -2.06. The van der Waals surface area contributed by atoms with Crippen LogP contribution < -0.4 is 10.7 Å². The van der Waals surface area contributed by atoms with E-state index in [2.05, 4.69) is 27.8 Å². The van der Waals surface area contributed by atoms with Crippen LogP contribution in [0.1, 0.15) is 32.4 Å².